The molecular formula is C41H42N4O6. The number of carbonyl (C=O) groups is 5. The third-order valence-corrected chi connectivity index (χ3v) is 9.81. The van der Waals surface area contributed by atoms with E-state index in [1.807, 2.05) is 78.9 Å². The molecule has 51 heavy (non-hydrogen) atoms. The third kappa shape index (κ3) is 8.17. The number of Topliss-reactive ketones (excluding diaryl/α,β-unsaturated/α-hetero) is 1. The van der Waals surface area contributed by atoms with Crippen molar-refractivity contribution in [3.63, 3.8) is 0 Å². The fraction of sp³-hybridized carbons (Fsp3) is 0.293. The smallest absolute Gasteiger partial charge is 0.290 e. The first kappa shape index (κ1) is 35.1. The molecule has 4 aromatic rings. The van der Waals surface area contributed by atoms with Crippen LogP contribution >= 0.6 is 0 Å². The first-order chi connectivity index (χ1) is 24.6. The molecule has 0 aliphatic heterocycles. The van der Waals surface area contributed by atoms with Crippen molar-refractivity contribution in [3.05, 3.63) is 137 Å². The van der Waals surface area contributed by atoms with E-state index in [1.165, 1.54) is 0 Å². The largest absolute Gasteiger partial charge is 0.497 e. The third-order valence-electron chi connectivity index (χ3n) is 9.81. The van der Waals surface area contributed by atoms with Gasteiger partial charge in [-0.2, -0.15) is 0 Å². The van der Waals surface area contributed by atoms with Crippen molar-refractivity contribution in [3.8, 4) is 5.75 Å². The van der Waals surface area contributed by atoms with Crippen LogP contribution in [0.2, 0.25) is 0 Å². The number of rotatable bonds is 13. The molecule has 0 spiro atoms. The molecule has 6 rings (SSSR count). The number of amides is 4. The van der Waals surface area contributed by atoms with Crippen LogP contribution in [0.3, 0.4) is 0 Å². The normalized spacial score (nSPS) is 15.4. The molecule has 0 saturated carbocycles. The Morgan fingerprint density at radius 3 is 1.86 bits per heavy atom. The Morgan fingerprint density at radius 2 is 1.27 bits per heavy atom. The molecule has 2 unspecified atom stereocenters. The van der Waals surface area contributed by atoms with E-state index in [9.17, 15) is 24.0 Å². The van der Waals surface area contributed by atoms with Crippen LogP contribution in [0, 0.1) is 5.92 Å². The zero-order valence-electron chi connectivity index (χ0n) is 28.7. The molecule has 10 heteroatoms. The minimum Gasteiger partial charge on any atom is -0.497 e. The van der Waals surface area contributed by atoms with Gasteiger partial charge in [0.1, 0.15) is 23.4 Å². The summed E-state index contributed by atoms with van der Waals surface area (Å²) in [5.41, 5.74) is 3.93. The maximum Gasteiger partial charge on any atom is 0.290 e. The van der Waals surface area contributed by atoms with E-state index in [0.29, 0.717) is 18.6 Å². The summed E-state index contributed by atoms with van der Waals surface area (Å²) in [5, 5.41) is 11.3. The molecule has 2 aliphatic rings. The van der Waals surface area contributed by atoms with Gasteiger partial charge in [-0.15, -0.1) is 0 Å². The second kappa shape index (κ2) is 15.4. The van der Waals surface area contributed by atoms with Gasteiger partial charge < -0.3 is 26.0 Å². The number of methoxy groups -OCH3 is 1. The van der Waals surface area contributed by atoms with Gasteiger partial charge in [0.15, 0.2) is 0 Å². The lowest BCUT2D eigenvalue weighted by molar-refractivity contribution is -0.143. The molecule has 0 fully saturated rings. The van der Waals surface area contributed by atoms with Gasteiger partial charge in [0.25, 0.3) is 5.91 Å². The zero-order valence-corrected chi connectivity index (χ0v) is 28.7. The molecule has 0 heterocycles. The molecule has 4 aromatic carbocycles. The highest BCUT2D eigenvalue weighted by atomic mass is 16.5. The topological polar surface area (TPSA) is 143 Å². The van der Waals surface area contributed by atoms with E-state index in [1.54, 1.807) is 38.3 Å². The standard InChI is InChI=1S/C41H42N4O6/c1-26(43-38(48)33-21-29-12-6-7-13-30(29)22-33)37(47)44-35(20-27-16-18-34(51-2)19-17-27)39(49)45-41(23-31-14-8-9-15-32(31)24-41)36(46)40(50)42-25-28-10-4-3-5-11-28/h3-19,26,33,35H,20-25H2,1-2H3,(H,42,50)(H,43,48)(H,44,47)(H,45,49). The number of ketones is 1. The number of hydrogen-bond donors (Lipinski definition) is 4. The second-order valence-electron chi connectivity index (χ2n) is 13.4. The van der Waals surface area contributed by atoms with Gasteiger partial charge in [-0.05, 0) is 65.3 Å². The SMILES string of the molecule is COc1ccc(CC(NC(=O)C(C)NC(=O)C2Cc3ccccc3C2)C(=O)NC2(C(=O)C(=O)NCc3ccccc3)Cc3ccccc3C2)cc1. The number of hydrogen-bond acceptors (Lipinski definition) is 6. The van der Waals surface area contributed by atoms with E-state index in [4.69, 9.17) is 4.74 Å². The quantitative estimate of drug-likeness (QED) is 0.159. The summed E-state index contributed by atoms with van der Waals surface area (Å²) in [5.74, 6) is -2.66. The summed E-state index contributed by atoms with van der Waals surface area (Å²) in [6, 6.07) is 29.6. The van der Waals surface area contributed by atoms with Gasteiger partial charge in [-0.1, -0.05) is 91.0 Å². The predicted octanol–water partition coefficient (Wildman–Crippen LogP) is 3.18. The van der Waals surface area contributed by atoms with Crippen molar-refractivity contribution < 1.29 is 28.7 Å². The number of nitrogens with one attached hydrogen (secondary N) is 4. The van der Waals surface area contributed by atoms with Crippen LogP contribution in [-0.2, 0) is 62.6 Å². The van der Waals surface area contributed by atoms with Crippen LogP contribution in [0.25, 0.3) is 0 Å². The molecule has 2 atom stereocenters. The average Bonchev–Trinajstić information content (AvgIpc) is 3.76. The van der Waals surface area contributed by atoms with Crippen LogP contribution in [0.5, 0.6) is 5.75 Å². The molecule has 262 valence electrons. The lowest BCUT2D eigenvalue weighted by Crippen LogP contribution is -2.63. The Hall–Kier alpha value is -5.77. The highest BCUT2D eigenvalue weighted by molar-refractivity contribution is 6.40. The molecule has 2 aliphatic carbocycles. The molecule has 0 bridgehead atoms. The van der Waals surface area contributed by atoms with Crippen molar-refractivity contribution in [1.82, 2.24) is 21.3 Å². The molecule has 10 nitrogen and oxygen atoms in total. The number of carbonyl (C=O) groups excluding carboxylic acids is 5. The Morgan fingerprint density at radius 1 is 0.706 bits per heavy atom. The predicted molar refractivity (Wildman–Crippen MR) is 192 cm³/mol. The van der Waals surface area contributed by atoms with Crippen LogP contribution in [0.4, 0.5) is 0 Å². The Kier molecular flexibility index (Phi) is 10.6. The number of ether oxygens (including phenoxy) is 1. The van der Waals surface area contributed by atoms with E-state index >= 15 is 0 Å². The number of fused-ring (bicyclic) bond motifs is 2. The van der Waals surface area contributed by atoms with Crippen LogP contribution in [-0.4, -0.2) is 54.1 Å². The van der Waals surface area contributed by atoms with Gasteiger partial charge in [-0.3, -0.25) is 24.0 Å². The van der Waals surface area contributed by atoms with Gasteiger partial charge >= 0.3 is 0 Å². The van der Waals surface area contributed by atoms with Crippen molar-refractivity contribution in [1.29, 1.82) is 0 Å². The fourth-order valence-corrected chi connectivity index (χ4v) is 6.96. The van der Waals surface area contributed by atoms with E-state index in [0.717, 1.165) is 33.4 Å². The second-order valence-corrected chi connectivity index (χ2v) is 13.4. The maximum absolute atomic E-state index is 14.3. The summed E-state index contributed by atoms with van der Waals surface area (Å²) in [6.45, 7) is 1.72. The maximum atomic E-state index is 14.3. The Balaban J connectivity index is 1.20. The lowest BCUT2D eigenvalue weighted by atomic mass is 9.88. The monoisotopic (exact) mass is 686 g/mol. The minimum atomic E-state index is -1.57. The highest BCUT2D eigenvalue weighted by Crippen LogP contribution is 2.32. The van der Waals surface area contributed by atoms with Gasteiger partial charge in [0.05, 0.1) is 7.11 Å². The fourth-order valence-electron chi connectivity index (χ4n) is 6.96. The van der Waals surface area contributed by atoms with Crippen molar-refractivity contribution >= 4 is 29.4 Å². The van der Waals surface area contributed by atoms with Crippen molar-refractivity contribution in [2.75, 3.05) is 7.11 Å². The molecule has 4 N–H and O–H groups in total. The molecule has 0 radical (unpaired) electrons. The first-order valence-electron chi connectivity index (χ1n) is 17.2. The summed E-state index contributed by atoms with van der Waals surface area (Å²) >= 11 is 0. The summed E-state index contributed by atoms with van der Waals surface area (Å²) in [6.07, 6.45) is 1.50. The number of benzene rings is 4. The molecular weight excluding hydrogens is 644 g/mol. The summed E-state index contributed by atoms with van der Waals surface area (Å²) < 4.78 is 5.28. The van der Waals surface area contributed by atoms with Gasteiger partial charge in [0, 0.05) is 31.7 Å². The zero-order chi connectivity index (χ0) is 36.0. The highest BCUT2D eigenvalue weighted by Gasteiger charge is 2.48. The summed E-state index contributed by atoms with van der Waals surface area (Å²) in [4.78, 5) is 68.5. The molecule has 0 saturated heterocycles. The molecule has 0 aromatic heterocycles. The van der Waals surface area contributed by atoms with E-state index in [-0.39, 0.29) is 37.6 Å². The lowest BCUT2D eigenvalue weighted by Gasteiger charge is -2.31. The first-order valence-corrected chi connectivity index (χ1v) is 17.2. The summed E-state index contributed by atoms with van der Waals surface area (Å²) in [7, 11) is 1.55. The van der Waals surface area contributed by atoms with Crippen LogP contribution in [0.1, 0.15) is 40.3 Å². The van der Waals surface area contributed by atoms with E-state index in [2.05, 4.69) is 21.3 Å². The van der Waals surface area contributed by atoms with Gasteiger partial charge in [-0.25, -0.2) is 0 Å². The van der Waals surface area contributed by atoms with Crippen LogP contribution < -0.4 is 26.0 Å². The van der Waals surface area contributed by atoms with E-state index < -0.39 is 41.1 Å². The Labute approximate surface area is 297 Å². The minimum absolute atomic E-state index is 0.0809. The van der Waals surface area contributed by atoms with Crippen LogP contribution in [0.15, 0.2) is 103 Å². The van der Waals surface area contributed by atoms with Crippen molar-refractivity contribution in [2.45, 2.75) is 63.2 Å². The van der Waals surface area contributed by atoms with Gasteiger partial charge in [0.2, 0.25) is 23.5 Å². The molecule has 4 amide bonds. The Bertz CT molecular complexity index is 1880. The van der Waals surface area contributed by atoms with Crippen molar-refractivity contribution in [2.24, 2.45) is 5.92 Å². The average molecular weight is 687 g/mol.